The van der Waals surface area contributed by atoms with Crippen LogP contribution in [0.2, 0.25) is 18.1 Å². The molecule has 0 saturated heterocycles. The summed E-state index contributed by atoms with van der Waals surface area (Å²) in [6.45, 7) is 19.5. The molecule has 3 nitrogen and oxygen atoms in total. The van der Waals surface area contributed by atoms with Crippen molar-refractivity contribution in [3.8, 4) is 0 Å². The predicted octanol–water partition coefficient (Wildman–Crippen LogP) is 6.58. The summed E-state index contributed by atoms with van der Waals surface area (Å²) < 4.78 is 8.63. The zero-order chi connectivity index (χ0) is 21.1. The van der Waals surface area contributed by atoms with E-state index in [1.807, 2.05) is 12.1 Å². The molecule has 1 aromatic carbocycles. The van der Waals surface area contributed by atoms with Crippen molar-refractivity contribution in [2.45, 2.75) is 64.8 Å². The Morgan fingerprint density at radius 2 is 1.89 bits per heavy atom. The number of nitrogens with zero attached hydrogens (tertiary/aromatic N) is 1. The molecule has 2 rings (SSSR count). The number of allylic oxidation sites excluding steroid dienone is 2. The van der Waals surface area contributed by atoms with Gasteiger partial charge in [0.15, 0.2) is 14.1 Å². The lowest BCUT2D eigenvalue weighted by molar-refractivity contribution is 0.0983. The SMILES string of the molecule is C=CCCC(=O)c1ccc2c(cc(CO[Si](C)(C)C(C)(C)C)n2C)c1CC=C. The van der Waals surface area contributed by atoms with Crippen molar-refractivity contribution >= 4 is 25.0 Å². The molecule has 152 valence electrons. The number of carbonyl (C=O) groups excluding carboxylic acids is 1. The molecule has 0 bridgehead atoms. The molecule has 0 radical (unpaired) electrons. The highest BCUT2D eigenvalue weighted by molar-refractivity contribution is 6.74. The molecule has 1 aromatic heterocycles. The third kappa shape index (κ3) is 4.56. The summed E-state index contributed by atoms with van der Waals surface area (Å²) in [6.07, 6.45) is 5.54. The highest BCUT2D eigenvalue weighted by Gasteiger charge is 2.37. The molecule has 0 fully saturated rings. The van der Waals surface area contributed by atoms with Gasteiger partial charge < -0.3 is 8.99 Å². The van der Waals surface area contributed by atoms with Crippen LogP contribution in [-0.2, 0) is 24.5 Å². The number of benzene rings is 1. The zero-order valence-electron chi connectivity index (χ0n) is 18.4. The first kappa shape index (κ1) is 22.4. The van der Waals surface area contributed by atoms with Gasteiger partial charge in [-0.25, -0.2) is 0 Å². The van der Waals surface area contributed by atoms with Gasteiger partial charge in [0.2, 0.25) is 0 Å². The van der Waals surface area contributed by atoms with Crippen LogP contribution < -0.4 is 0 Å². The molecule has 0 saturated carbocycles. The molecule has 2 aromatic rings. The smallest absolute Gasteiger partial charge is 0.192 e. The first-order chi connectivity index (χ1) is 13.0. The van der Waals surface area contributed by atoms with Crippen LogP contribution in [0, 0.1) is 0 Å². The molecular weight excluding hydrogens is 362 g/mol. The topological polar surface area (TPSA) is 31.2 Å². The van der Waals surface area contributed by atoms with Crippen LogP contribution in [0.3, 0.4) is 0 Å². The molecule has 0 amide bonds. The van der Waals surface area contributed by atoms with Crippen molar-refractivity contribution in [3.05, 3.63) is 60.3 Å². The summed E-state index contributed by atoms with van der Waals surface area (Å²) in [6, 6.07) is 6.20. The molecular formula is C24H35NO2Si. The fourth-order valence-corrected chi connectivity index (χ4v) is 4.07. The molecule has 0 unspecified atom stereocenters. The molecule has 4 heteroatoms. The third-order valence-corrected chi connectivity index (χ3v) is 10.5. The van der Waals surface area contributed by atoms with Crippen molar-refractivity contribution < 1.29 is 9.22 Å². The van der Waals surface area contributed by atoms with Gasteiger partial charge in [0.25, 0.3) is 0 Å². The average Bonchev–Trinajstić information content (AvgIpc) is 2.94. The van der Waals surface area contributed by atoms with E-state index in [1.165, 1.54) is 0 Å². The Balaban J connectivity index is 2.45. The minimum atomic E-state index is -1.83. The zero-order valence-corrected chi connectivity index (χ0v) is 19.4. The van der Waals surface area contributed by atoms with E-state index in [9.17, 15) is 4.79 Å². The number of aromatic nitrogens is 1. The van der Waals surface area contributed by atoms with Crippen molar-refractivity contribution in [1.29, 1.82) is 0 Å². The minimum absolute atomic E-state index is 0.168. The maximum Gasteiger partial charge on any atom is 0.192 e. The number of fused-ring (bicyclic) bond motifs is 1. The maximum atomic E-state index is 12.7. The van der Waals surface area contributed by atoms with Gasteiger partial charge in [-0.3, -0.25) is 4.79 Å². The van der Waals surface area contributed by atoms with Crippen LogP contribution in [0.4, 0.5) is 0 Å². The Labute approximate surface area is 171 Å². The molecule has 1 heterocycles. The van der Waals surface area contributed by atoms with E-state index in [0.717, 1.165) is 27.7 Å². The first-order valence-electron chi connectivity index (χ1n) is 10.0. The van der Waals surface area contributed by atoms with Crippen LogP contribution >= 0.6 is 0 Å². The Morgan fingerprint density at radius 3 is 2.46 bits per heavy atom. The second kappa shape index (κ2) is 8.62. The Bertz CT molecular complexity index is 884. The van der Waals surface area contributed by atoms with Gasteiger partial charge in [-0.1, -0.05) is 32.9 Å². The second-order valence-corrected chi connectivity index (χ2v) is 13.8. The molecule has 0 N–H and O–H groups in total. The standard InChI is InChI=1S/C24H35NO2Si/c1-9-11-13-23(26)20-14-15-22-21(19(20)12-10-2)16-18(25(22)6)17-27-28(7,8)24(3,4)5/h9-10,14-16H,1-2,11-13,17H2,3-8H3. The van der Waals surface area contributed by atoms with E-state index in [4.69, 9.17) is 4.43 Å². The Hall–Kier alpha value is -1.91. The number of rotatable bonds is 9. The number of ketones is 1. The van der Waals surface area contributed by atoms with E-state index in [1.54, 1.807) is 6.08 Å². The minimum Gasteiger partial charge on any atom is -0.411 e. The molecule has 0 aliphatic carbocycles. The van der Waals surface area contributed by atoms with Gasteiger partial charge in [0, 0.05) is 35.6 Å². The number of hydrogen-bond donors (Lipinski definition) is 0. The number of hydrogen-bond acceptors (Lipinski definition) is 2. The summed E-state index contributed by atoms with van der Waals surface area (Å²) in [5, 5.41) is 1.30. The maximum absolute atomic E-state index is 12.7. The van der Waals surface area contributed by atoms with Gasteiger partial charge in [0.1, 0.15) is 0 Å². The average molecular weight is 398 g/mol. The summed E-state index contributed by atoms with van der Waals surface area (Å²) in [5.41, 5.74) is 4.14. The monoisotopic (exact) mass is 397 g/mol. The third-order valence-electron chi connectivity index (χ3n) is 6.05. The number of Topliss-reactive ketones (excluding diaryl/α,β-unsaturated/α-hetero) is 1. The lowest BCUT2D eigenvalue weighted by Gasteiger charge is -2.36. The van der Waals surface area contributed by atoms with E-state index in [2.05, 4.69) is 70.8 Å². The molecule has 0 aliphatic rings. The van der Waals surface area contributed by atoms with Crippen molar-refractivity contribution in [3.63, 3.8) is 0 Å². The molecule has 28 heavy (non-hydrogen) atoms. The predicted molar refractivity (Wildman–Crippen MR) is 123 cm³/mol. The van der Waals surface area contributed by atoms with Gasteiger partial charge in [-0.15, -0.1) is 13.2 Å². The van der Waals surface area contributed by atoms with Gasteiger partial charge >= 0.3 is 0 Å². The van der Waals surface area contributed by atoms with Crippen molar-refractivity contribution in [2.24, 2.45) is 7.05 Å². The van der Waals surface area contributed by atoms with Crippen LogP contribution in [-0.4, -0.2) is 18.7 Å². The molecule has 0 aliphatic heterocycles. The molecule has 0 spiro atoms. The number of carbonyl (C=O) groups is 1. The lowest BCUT2D eigenvalue weighted by Crippen LogP contribution is -2.40. The highest BCUT2D eigenvalue weighted by Crippen LogP contribution is 2.37. The lowest BCUT2D eigenvalue weighted by atomic mass is 9.95. The summed E-state index contributed by atoms with van der Waals surface area (Å²) in [7, 11) is 0.248. The Morgan fingerprint density at radius 1 is 1.21 bits per heavy atom. The van der Waals surface area contributed by atoms with Crippen LogP contribution in [0.25, 0.3) is 10.9 Å². The number of aryl methyl sites for hydroxylation is 1. The van der Waals surface area contributed by atoms with Crippen molar-refractivity contribution in [1.82, 2.24) is 4.57 Å². The first-order valence-corrected chi connectivity index (χ1v) is 12.9. The van der Waals surface area contributed by atoms with Crippen LogP contribution in [0.1, 0.15) is 55.2 Å². The highest BCUT2D eigenvalue weighted by atomic mass is 28.4. The van der Waals surface area contributed by atoms with Crippen LogP contribution in [0.15, 0.2) is 43.5 Å². The van der Waals surface area contributed by atoms with Gasteiger partial charge in [-0.05, 0) is 54.7 Å². The fraction of sp³-hybridized carbons (Fsp3) is 0.458. The van der Waals surface area contributed by atoms with E-state index in [-0.39, 0.29) is 10.8 Å². The molecule has 0 atom stereocenters. The van der Waals surface area contributed by atoms with E-state index < -0.39 is 8.32 Å². The largest absolute Gasteiger partial charge is 0.411 e. The second-order valence-electron chi connectivity index (χ2n) is 9.01. The summed E-state index contributed by atoms with van der Waals surface area (Å²) in [4.78, 5) is 12.7. The quantitative estimate of drug-likeness (QED) is 0.272. The summed E-state index contributed by atoms with van der Waals surface area (Å²) in [5.74, 6) is 0.168. The van der Waals surface area contributed by atoms with E-state index in [0.29, 0.717) is 25.9 Å². The van der Waals surface area contributed by atoms with Gasteiger partial charge in [0.05, 0.1) is 6.61 Å². The summed E-state index contributed by atoms with van der Waals surface area (Å²) >= 11 is 0. The van der Waals surface area contributed by atoms with Crippen LogP contribution in [0.5, 0.6) is 0 Å². The van der Waals surface area contributed by atoms with Gasteiger partial charge in [-0.2, -0.15) is 0 Å². The fourth-order valence-electron chi connectivity index (χ4n) is 3.13. The Kier molecular flexibility index (Phi) is 6.89. The van der Waals surface area contributed by atoms with E-state index >= 15 is 0 Å². The van der Waals surface area contributed by atoms with Crippen molar-refractivity contribution in [2.75, 3.05) is 0 Å². The normalized spacial score (nSPS) is 12.4.